The highest BCUT2D eigenvalue weighted by atomic mass is 16.5. The predicted molar refractivity (Wildman–Crippen MR) is 70.2 cm³/mol. The first-order valence-corrected chi connectivity index (χ1v) is 6.59. The number of carboxylic acid groups (broad SMARTS) is 1. The van der Waals surface area contributed by atoms with E-state index >= 15 is 0 Å². The molecule has 2 aliphatic heterocycles. The molecule has 1 amide bonds. The smallest absolute Gasteiger partial charge is 0.311 e. The number of hydrogen-bond donors (Lipinski definition) is 3. The van der Waals surface area contributed by atoms with E-state index in [0.29, 0.717) is 5.56 Å². The Labute approximate surface area is 116 Å². The van der Waals surface area contributed by atoms with Crippen molar-refractivity contribution in [2.75, 3.05) is 13.2 Å². The lowest BCUT2D eigenvalue weighted by molar-refractivity contribution is -0.142. The number of carboxylic acids is 1. The third kappa shape index (κ3) is 2.39. The Morgan fingerprint density at radius 2 is 2.05 bits per heavy atom. The van der Waals surface area contributed by atoms with Gasteiger partial charge in [0, 0.05) is 18.7 Å². The Morgan fingerprint density at radius 1 is 1.25 bits per heavy atom. The van der Waals surface area contributed by atoms with E-state index in [9.17, 15) is 9.59 Å². The van der Waals surface area contributed by atoms with E-state index in [-0.39, 0.29) is 19.1 Å². The van der Waals surface area contributed by atoms with Crippen molar-refractivity contribution in [1.82, 2.24) is 10.6 Å². The first kappa shape index (κ1) is 13.1. The highest BCUT2D eigenvalue weighted by Crippen LogP contribution is 2.18. The van der Waals surface area contributed by atoms with Crippen molar-refractivity contribution < 1.29 is 19.4 Å². The van der Waals surface area contributed by atoms with E-state index in [1.807, 2.05) is 12.1 Å². The van der Waals surface area contributed by atoms with Gasteiger partial charge in [-0.3, -0.25) is 9.59 Å². The van der Waals surface area contributed by atoms with Gasteiger partial charge in [-0.25, -0.2) is 0 Å². The van der Waals surface area contributed by atoms with Crippen LogP contribution in [0.25, 0.3) is 0 Å². The summed E-state index contributed by atoms with van der Waals surface area (Å²) < 4.78 is 5.14. The van der Waals surface area contributed by atoms with Gasteiger partial charge >= 0.3 is 5.97 Å². The summed E-state index contributed by atoms with van der Waals surface area (Å²) in [5.41, 5.74) is 2.88. The van der Waals surface area contributed by atoms with Gasteiger partial charge in [-0.05, 0) is 23.3 Å². The molecule has 1 aromatic rings. The monoisotopic (exact) mass is 276 g/mol. The molecule has 2 unspecified atom stereocenters. The molecule has 1 saturated heterocycles. The first-order chi connectivity index (χ1) is 9.65. The van der Waals surface area contributed by atoms with Crippen molar-refractivity contribution in [3.05, 3.63) is 34.9 Å². The zero-order valence-electron chi connectivity index (χ0n) is 10.9. The van der Waals surface area contributed by atoms with Gasteiger partial charge in [-0.15, -0.1) is 0 Å². The molecular weight excluding hydrogens is 260 g/mol. The molecule has 0 aliphatic carbocycles. The Hall–Kier alpha value is -1.92. The van der Waals surface area contributed by atoms with Crippen LogP contribution in [0.15, 0.2) is 18.2 Å². The van der Waals surface area contributed by atoms with Crippen LogP contribution in [0.4, 0.5) is 0 Å². The van der Waals surface area contributed by atoms with Gasteiger partial charge in [0.05, 0.1) is 19.3 Å². The molecule has 6 nitrogen and oxygen atoms in total. The predicted octanol–water partition coefficient (Wildman–Crippen LogP) is 0.119. The number of aliphatic carboxylic acids is 1. The van der Waals surface area contributed by atoms with Crippen molar-refractivity contribution in [3.8, 4) is 0 Å². The molecule has 0 spiro atoms. The zero-order valence-corrected chi connectivity index (χ0v) is 10.9. The molecule has 3 rings (SSSR count). The first-order valence-electron chi connectivity index (χ1n) is 6.59. The SMILES string of the molecule is O=C(NC1COCC1C(=O)O)c1ccc2c(c1)CNC2. The number of rotatable bonds is 3. The van der Waals surface area contributed by atoms with Crippen LogP contribution in [0.3, 0.4) is 0 Å². The minimum atomic E-state index is -0.939. The fourth-order valence-corrected chi connectivity index (χ4v) is 2.63. The summed E-state index contributed by atoms with van der Waals surface area (Å²) in [6.07, 6.45) is 0. The highest BCUT2D eigenvalue weighted by molar-refractivity contribution is 5.95. The summed E-state index contributed by atoms with van der Waals surface area (Å²) >= 11 is 0. The second kappa shape index (κ2) is 5.22. The number of fused-ring (bicyclic) bond motifs is 1. The van der Waals surface area contributed by atoms with Gasteiger partial charge in [-0.1, -0.05) is 6.07 Å². The Morgan fingerprint density at radius 3 is 2.85 bits per heavy atom. The van der Waals surface area contributed by atoms with Crippen LogP contribution in [0.1, 0.15) is 21.5 Å². The lowest BCUT2D eigenvalue weighted by Gasteiger charge is -2.16. The van der Waals surface area contributed by atoms with Crippen LogP contribution in [0.5, 0.6) is 0 Å². The quantitative estimate of drug-likeness (QED) is 0.730. The fraction of sp³-hybridized carbons (Fsp3) is 0.429. The average molecular weight is 276 g/mol. The zero-order chi connectivity index (χ0) is 14.1. The van der Waals surface area contributed by atoms with E-state index in [1.54, 1.807) is 6.07 Å². The van der Waals surface area contributed by atoms with E-state index in [1.165, 1.54) is 5.56 Å². The number of ether oxygens (including phenoxy) is 1. The summed E-state index contributed by atoms with van der Waals surface area (Å²) in [6.45, 7) is 1.99. The van der Waals surface area contributed by atoms with E-state index < -0.39 is 17.9 Å². The van der Waals surface area contributed by atoms with Crippen LogP contribution < -0.4 is 10.6 Å². The second-order valence-corrected chi connectivity index (χ2v) is 5.15. The number of nitrogens with one attached hydrogen (secondary N) is 2. The average Bonchev–Trinajstić information content (AvgIpc) is 3.05. The standard InChI is InChI=1S/C14H16N2O4/c17-13(16-12-7-20-6-11(12)14(18)19)8-1-2-9-4-15-5-10(9)3-8/h1-3,11-12,15H,4-7H2,(H,16,17)(H,18,19). The Balaban J connectivity index is 1.71. The number of hydrogen-bond acceptors (Lipinski definition) is 4. The summed E-state index contributed by atoms with van der Waals surface area (Å²) in [4.78, 5) is 23.2. The molecular formula is C14H16N2O4. The van der Waals surface area contributed by atoms with Crippen molar-refractivity contribution in [2.24, 2.45) is 5.92 Å². The van der Waals surface area contributed by atoms with E-state index in [4.69, 9.17) is 9.84 Å². The van der Waals surface area contributed by atoms with Crippen LogP contribution in [-0.4, -0.2) is 36.2 Å². The van der Waals surface area contributed by atoms with E-state index in [2.05, 4.69) is 10.6 Å². The Kier molecular flexibility index (Phi) is 3.42. The van der Waals surface area contributed by atoms with Gasteiger partial charge in [0.15, 0.2) is 0 Å². The summed E-state index contributed by atoms with van der Waals surface area (Å²) in [7, 11) is 0. The molecule has 106 valence electrons. The number of carbonyl (C=O) groups is 2. The van der Waals surface area contributed by atoms with Crippen LogP contribution in [0, 0.1) is 5.92 Å². The van der Waals surface area contributed by atoms with Gasteiger partial charge in [0.1, 0.15) is 5.92 Å². The lowest BCUT2D eigenvalue weighted by atomic mass is 10.0. The molecule has 0 aromatic heterocycles. The van der Waals surface area contributed by atoms with Gasteiger partial charge < -0.3 is 20.5 Å². The van der Waals surface area contributed by atoms with Gasteiger partial charge in [-0.2, -0.15) is 0 Å². The molecule has 20 heavy (non-hydrogen) atoms. The number of benzene rings is 1. The highest BCUT2D eigenvalue weighted by Gasteiger charge is 2.35. The van der Waals surface area contributed by atoms with Crippen molar-refractivity contribution >= 4 is 11.9 Å². The van der Waals surface area contributed by atoms with Crippen molar-refractivity contribution in [3.63, 3.8) is 0 Å². The van der Waals surface area contributed by atoms with Crippen molar-refractivity contribution in [2.45, 2.75) is 19.1 Å². The molecule has 0 bridgehead atoms. The summed E-state index contributed by atoms with van der Waals surface area (Å²) in [5.74, 6) is -1.86. The minimum absolute atomic E-state index is 0.147. The third-order valence-electron chi connectivity index (χ3n) is 3.81. The summed E-state index contributed by atoms with van der Waals surface area (Å²) in [5, 5.41) is 15.0. The molecule has 0 saturated carbocycles. The lowest BCUT2D eigenvalue weighted by Crippen LogP contribution is -2.42. The van der Waals surface area contributed by atoms with Crippen LogP contribution in [-0.2, 0) is 22.6 Å². The number of carbonyl (C=O) groups excluding carboxylic acids is 1. The molecule has 1 aromatic carbocycles. The van der Waals surface area contributed by atoms with Gasteiger partial charge in [0.25, 0.3) is 5.91 Å². The minimum Gasteiger partial charge on any atom is -0.481 e. The topological polar surface area (TPSA) is 87.7 Å². The second-order valence-electron chi connectivity index (χ2n) is 5.15. The molecule has 0 radical (unpaired) electrons. The molecule has 2 atom stereocenters. The maximum atomic E-state index is 12.2. The molecule has 2 aliphatic rings. The molecule has 1 fully saturated rings. The summed E-state index contributed by atoms with van der Waals surface area (Å²) in [6, 6.07) is 5.10. The van der Waals surface area contributed by atoms with Crippen LogP contribution >= 0.6 is 0 Å². The normalized spacial score (nSPS) is 24.4. The largest absolute Gasteiger partial charge is 0.481 e. The van der Waals surface area contributed by atoms with Crippen molar-refractivity contribution in [1.29, 1.82) is 0 Å². The third-order valence-corrected chi connectivity index (χ3v) is 3.81. The molecule has 3 N–H and O–H groups in total. The number of amides is 1. The Bertz CT molecular complexity index is 558. The molecule has 2 heterocycles. The van der Waals surface area contributed by atoms with Crippen LogP contribution in [0.2, 0.25) is 0 Å². The molecule has 6 heteroatoms. The maximum Gasteiger partial charge on any atom is 0.311 e. The van der Waals surface area contributed by atoms with E-state index in [0.717, 1.165) is 18.7 Å². The van der Waals surface area contributed by atoms with Gasteiger partial charge in [0.2, 0.25) is 0 Å². The maximum absolute atomic E-state index is 12.2. The fourth-order valence-electron chi connectivity index (χ4n) is 2.63.